The SMILES string of the molecule is CCc1c(-c2nc3cc(-c4ncc[nH]4)ccc3[nH]2)[nH]c(-c2nc3cc(-c4ncc[nH]4)ccc3[nH]2)c1CC. The number of fused-ring (bicyclic) bond motifs is 2. The van der Waals surface area contributed by atoms with Crippen molar-refractivity contribution in [3.05, 3.63) is 72.3 Å². The number of hydrogen-bond acceptors (Lipinski definition) is 4. The molecule has 0 aliphatic heterocycles. The number of nitrogens with one attached hydrogen (secondary N) is 5. The van der Waals surface area contributed by atoms with Crippen molar-refractivity contribution in [3.63, 3.8) is 0 Å². The van der Waals surface area contributed by atoms with E-state index in [1.807, 2.05) is 24.5 Å². The van der Waals surface area contributed by atoms with E-state index in [9.17, 15) is 0 Å². The highest BCUT2D eigenvalue weighted by atomic mass is 15.0. The fraction of sp³-hybridized carbons (Fsp3) is 0.143. The van der Waals surface area contributed by atoms with Crippen LogP contribution in [0, 0.1) is 0 Å². The molecule has 0 aliphatic carbocycles. The highest BCUT2D eigenvalue weighted by Crippen LogP contribution is 2.35. The average Bonchev–Trinajstić information content (AvgIpc) is 3.75. The summed E-state index contributed by atoms with van der Waals surface area (Å²) in [5.74, 6) is 3.30. The molecule has 0 aliphatic rings. The molecule has 5 heterocycles. The Morgan fingerprint density at radius 2 is 1.08 bits per heavy atom. The van der Waals surface area contributed by atoms with E-state index in [1.165, 1.54) is 11.1 Å². The molecular weight excluding hydrogens is 462 g/mol. The van der Waals surface area contributed by atoms with Crippen molar-refractivity contribution in [1.29, 1.82) is 0 Å². The second-order valence-electron chi connectivity index (χ2n) is 9.05. The number of aromatic amines is 5. The van der Waals surface area contributed by atoms with Gasteiger partial charge < -0.3 is 24.9 Å². The largest absolute Gasteiger partial charge is 0.349 e. The van der Waals surface area contributed by atoms with Gasteiger partial charge in [-0.05, 0) is 60.4 Å². The minimum Gasteiger partial charge on any atom is -0.349 e. The Morgan fingerprint density at radius 1 is 0.595 bits per heavy atom. The lowest BCUT2D eigenvalue weighted by Gasteiger charge is -2.02. The molecule has 182 valence electrons. The number of nitrogens with zero attached hydrogens (tertiary/aromatic N) is 4. The predicted octanol–water partition coefficient (Wildman–Crippen LogP) is 6.01. The van der Waals surface area contributed by atoms with Crippen molar-refractivity contribution >= 4 is 22.1 Å². The number of H-pyrrole nitrogens is 5. The zero-order chi connectivity index (χ0) is 24.9. The maximum absolute atomic E-state index is 4.96. The summed E-state index contributed by atoms with van der Waals surface area (Å²) in [6.45, 7) is 4.36. The second kappa shape index (κ2) is 8.34. The van der Waals surface area contributed by atoms with Gasteiger partial charge in [-0.15, -0.1) is 0 Å². The maximum atomic E-state index is 4.96. The van der Waals surface area contributed by atoms with E-state index in [-0.39, 0.29) is 0 Å². The first-order valence-corrected chi connectivity index (χ1v) is 12.4. The summed E-state index contributed by atoms with van der Waals surface area (Å²) in [5, 5.41) is 0. The predicted molar refractivity (Wildman–Crippen MR) is 145 cm³/mol. The molecule has 0 fully saturated rings. The number of imidazole rings is 4. The number of rotatable bonds is 6. The molecule has 5 aromatic heterocycles. The van der Waals surface area contributed by atoms with Gasteiger partial charge in [0, 0.05) is 35.9 Å². The van der Waals surface area contributed by atoms with Crippen LogP contribution >= 0.6 is 0 Å². The van der Waals surface area contributed by atoms with Crippen LogP contribution in [-0.4, -0.2) is 44.9 Å². The minimum absolute atomic E-state index is 0.820. The number of hydrogen-bond donors (Lipinski definition) is 5. The van der Waals surface area contributed by atoms with E-state index in [4.69, 9.17) is 9.97 Å². The molecule has 0 amide bonds. The van der Waals surface area contributed by atoms with Crippen LogP contribution in [0.25, 0.3) is 67.9 Å². The molecule has 0 bridgehead atoms. The van der Waals surface area contributed by atoms with Gasteiger partial charge in [-0.2, -0.15) is 0 Å². The number of aromatic nitrogens is 9. The summed E-state index contributed by atoms with van der Waals surface area (Å²) < 4.78 is 0. The van der Waals surface area contributed by atoms with Crippen LogP contribution in [-0.2, 0) is 12.8 Å². The lowest BCUT2D eigenvalue weighted by Crippen LogP contribution is -1.91. The molecule has 0 spiro atoms. The van der Waals surface area contributed by atoms with E-state index in [0.29, 0.717) is 0 Å². The topological polar surface area (TPSA) is 131 Å². The summed E-state index contributed by atoms with van der Waals surface area (Å²) in [6, 6.07) is 12.3. The molecule has 7 aromatic rings. The molecule has 37 heavy (non-hydrogen) atoms. The first-order chi connectivity index (χ1) is 18.2. The first-order valence-electron chi connectivity index (χ1n) is 12.4. The van der Waals surface area contributed by atoms with Crippen LogP contribution < -0.4 is 0 Å². The smallest absolute Gasteiger partial charge is 0.155 e. The van der Waals surface area contributed by atoms with Gasteiger partial charge in [0.05, 0.1) is 33.5 Å². The summed E-state index contributed by atoms with van der Waals surface area (Å²) in [7, 11) is 0. The third-order valence-corrected chi connectivity index (χ3v) is 6.91. The molecule has 0 saturated carbocycles. The highest BCUT2D eigenvalue weighted by Gasteiger charge is 2.22. The summed E-state index contributed by atoms with van der Waals surface area (Å²) >= 11 is 0. The quantitative estimate of drug-likeness (QED) is 0.197. The van der Waals surface area contributed by atoms with Crippen molar-refractivity contribution in [2.24, 2.45) is 0 Å². The standard InChI is InChI=1S/C28H25N9/c1-3-17-18(4-2)24(28-34-20-8-6-16(14-22(20)36-28)26-31-11-12-32-26)37-23(17)27-33-19-7-5-15(13-21(19)35-27)25-29-9-10-30-25/h5-14,37H,3-4H2,1-2H3,(H,29,30)(H,31,32)(H,33,35)(H,34,36). The van der Waals surface area contributed by atoms with Gasteiger partial charge in [0.15, 0.2) is 11.6 Å². The Kier molecular flexibility index (Phi) is 4.81. The normalized spacial score (nSPS) is 11.7. The minimum atomic E-state index is 0.820. The molecule has 7 rings (SSSR count). The molecule has 2 aromatic carbocycles. The lowest BCUT2D eigenvalue weighted by atomic mass is 10.0. The Bertz CT molecular complexity index is 1710. The van der Waals surface area contributed by atoms with Crippen LogP contribution in [0.1, 0.15) is 25.0 Å². The lowest BCUT2D eigenvalue weighted by molar-refractivity contribution is 1.05. The molecule has 0 unspecified atom stereocenters. The fourth-order valence-electron chi connectivity index (χ4n) is 5.15. The summed E-state index contributed by atoms with van der Waals surface area (Å²) in [5.41, 5.74) is 10.3. The van der Waals surface area contributed by atoms with Gasteiger partial charge in [0.25, 0.3) is 0 Å². The average molecular weight is 488 g/mol. The molecule has 9 heteroatoms. The van der Waals surface area contributed by atoms with Crippen molar-refractivity contribution in [2.45, 2.75) is 26.7 Å². The zero-order valence-corrected chi connectivity index (χ0v) is 20.5. The monoisotopic (exact) mass is 487 g/mol. The highest BCUT2D eigenvalue weighted by molar-refractivity contribution is 5.86. The fourth-order valence-corrected chi connectivity index (χ4v) is 5.15. The van der Waals surface area contributed by atoms with Crippen LogP contribution in [0.2, 0.25) is 0 Å². The molecule has 0 radical (unpaired) electrons. The summed E-state index contributed by atoms with van der Waals surface area (Å²) in [4.78, 5) is 35.7. The molecule has 0 saturated heterocycles. The van der Waals surface area contributed by atoms with Crippen molar-refractivity contribution < 1.29 is 0 Å². The van der Waals surface area contributed by atoms with Gasteiger partial charge >= 0.3 is 0 Å². The zero-order valence-electron chi connectivity index (χ0n) is 20.5. The molecule has 0 atom stereocenters. The van der Waals surface area contributed by atoms with Gasteiger partial charge in [0.2, 0.25) is 0 Å². The van der Waals surface area contributed by atoms with Crippen molar-refractivity contribution in [1.82, 2.24) is 44.9 Å². The Balaban J connectivity index is 1.33. The second-order valence-corrected chi connectivity index (χ2v) is 9.05. The Labute approximate surface area is 211 Å². The van der Waals surface area contributed by atoms with E-state index >= 15 is 0 Å². The Hall–Kier alpha value is -4.92. The van der Waals surface area contributed by atoms with Crippen LogP contribution in [0.3, 0.4) is 0 Å². The van der Waals surface area contributed by atoms with Crippen LogP contribution in [0.4, 0.5) is 0 Å². The van der Waals surface area contributed by atoms with Crippen molar-refractivity contribution in [2.75, 3.05) is 0 Å². The van der Waals surface area contributed by atoms with E-state index in [2.05, 4.69) is 73.0 Å². The van der Waals surface area contributed by atoms with Gasteiger partial charge in [-0.3, -0.25) is 0 Å². The third-order valence-electron chi connectivity index (χ3n) is 6.91. The number of benzene rings is 2. The Morgan fingerprint density at radius 3 is 1.49 bits per heavy atom. The first kappa shape index (κ1) is 21.4. The van der Waals surface area contributed by atoms with Gasteiger partial charge in [0.1, 0.15) is 11.6 Å². The van der Waals surface area contributed by atoms with Crippen LogP contribution in [0.15, 0.2) is 61.2 Å². The third kappa shape index (κ3) is 3.47. The maximum Gasteiger partial charge on any atom is 0.155 e. The van der Waals surface area contributed by atoms with E-state index in [0.717, 1.165) is 80.7 Å². The van der Waals surface area contributed by atoms with Gasteiger partial charge in [-0.25, -0.2) is 19.9 Å². The van der Waals surface area contributed by atoms with Crippen molar-refractivity contribution in [3.8, 4) is 45.8 Å². The van der Waals surface area contributed by atoms with E-state index in [1.54, 1.807) is 12.4 Å². The molecular formula is C28H25N9. The molecule has 9 nitrogen and oxygen atoms in total. The van der Waals surface area contributed by atoms with Gasteiger partial charge in [-0.1, -0.05) is 13.8 Å². The molecule has 5 N–H and O–H groups in total. The van der Waals surface area contributed by atoms with E-state index < -0.39 is 0 Å². The summed E-state index contributed by atoms with van der Waals surface area (Å²) in [6.07, 6.45) is 8.92. The van der Waals surface area contributed by atoms with Crippen LogP contribution in [0.5, 0.6) is 0 Å².